The summed E-state index contributed by atoms with van der Waals surface area (Å²) in [6.45, 7) is 17.9. The second-order valence-electron chi connectivity index (χ2n) is 14.1. The molecule has 0 aromatic rings. The van der Waals surface area contributed by atoms with Crippen molar-refractivity contribution in [3.8, 4) is 0 Å². The first kappa shape index (κ1) is 22.5. The van der Waals surface area contributed by atoms with Crippen LogP contribution in [0.2, 0.25) is 0 Å². The highest BCUT2D eigenvalue weighted by Crippen LogP contribution is 2.71. The molecule has 11 atom stereocenters. The van der Waals surface area contributed by atoms with Gasteiger partial charge in [0.25, 0.3) is 0 Å². The summed E-state index contributed by atoms with van der Waals surface area (Å²) < 4.78 is 0. The zero-order chi connectivity index (χ0) is 22.3. The van der Waals surface area contributed by atoms with Gasteiger partial charge in [-0.25, -0.2) is 0 Å². The summed E-state index contributed by atoms with van der Waals surface area (Å²) in [6, 6.07) is 0. The van der Waals surface area contributed by atoms with E-state index in [1.807, 2.05) is 0 Å². The van der Waals surface area contributed by atoms with Crippen molar-refractivity contribution in [3.05, 3.63) is 11.6 Å². The number of aliphatic hydroxyl groups excluding tert-OH is 1. The van der Waals surface area contributed by atoms with Crippen LogP contribution < -0.4 is 0 Å². The predicted octanol–water partition coefficient (Wildman–Crippen LogP) is 7.88. The average Bonchev–Trinajstić information content (AvgIpc) is 3.29. The van der Waals surface area contributed by atoms with Crippen molar-refractivity contribution >= 4 is 0 Å². The zero-order valence-corrected chi connectivity index (χ0v) is 21.6. The lowest BCUT2D eigenvalue weighted by Crippen LogP contribution is -2.51. The molecule has 0 saturated heterocycles. The van der Waals surface area contributed by atoms with Crippen LogP contribution in [0.15, 0.2) is 11.6 Å². The van der Waals surface area contributed by atoms with E-state index in [0.29, 0.717) is 16.2 Å². The van der Waals surface area contributed by atoms with E-state index in [4.69, 9.17) is 0 Å². The molecule has 4 fully saturated rings. The summed E-state index contributed by atoms with van der Waals surface area (Å²) in [4.78, 5) is 0. The topological polar surface area (TPSA) is 20.2 Å². The predicted molar refractivity (Wildman–Crippen MR) is 131 cm³/mol. The van der Waals surface area contributed by atoms with Gasteiger partial charge in [0.15, 0.2) is 0 Å². The maximum Gasteiger partial charge on any atom is 0.0577 e. The lowest BCUT2D eigenvalue weighted by Gasteiger charge is -2.58. The van der Waals surface area contributed by atoms with E-state index in [2.05, 4.69) is 54.5 Å². The van der Waals surface area contributed by atoms with Gasteiger partial charge in [-0.3, -0.25) is 0 Å². The summed E-state index contributed by atoms with van der Waals surface area (Å²) in [5.41, 5.74) is 3.17. The molecule has 11 unspecified atom stereocenters. The molecular formula is C30H50O. The minimum atomic E-state index is -0.0810. The van der Waals surface area contributed by atoms with Gasteiger partial charge in [-0.15, -0.1) is 0 Å². The van der Waals surface area contributed by atoms with Gasteiger partial charge < -0.3 is 5.11 Å². The molecule has 0 amide bonds. The van der Waals surface area contributed by atoms with Crippen LogP contribution in [0.1, 0.15) is 106 Å². The zero-order valence-electron chi connectivity index (χ0n) is 21.6. The van der Waals surface area contributed by atoms with Gasteiger partial charge in [0.2, 0.25) is 0 Å². The molecule has 0 aliphatic heterocycles. The van der Waals surface area contributed by atoms with E-state index in [0.717, 1.165) is 60.2 Å². The van der Waals surface area contributed by atoms with E-state index in [1.54, 1.807) is 5.57 Å². The molecule has 1 heteroatoms. The highest BCUT2D eigenvalue weighted by molar-refractivity contribution is 5.25. The third-order valence-corrected chi connectivity index (χ3v) is 12.8. The molecule has 31 heavy (non-hydrogen) atoms. The Bertz CT molecular complexity index is 737. The second kappa shape index (κ2) is 7.35. The molecular weight excluding hydrogens is 376 g/mol. The molecule has 5 aliphatic carbocycles. The highest BCUT2D eigenvalue weighted by Gasteiger charge is 2.63. The highest BCUT2D eigenvalue weighted by atomic mass is 16.3. The first-order chi connectivity index (χ1) is 14.5. The van der Waals surface area contributed by atoms with Crippen LogP contribution in [0.5, 0.6) is 0 Å². The van der Waals surface area contributed by atoms with Crippen LogP contribution in [0, 0.1) is 63.6 Å². The van der Waals surface area contributed by atoms with Gasteiger partial charge in [-0.05, 0) is 121 Å². The second-order valence-corrected chi connectivity index (χ2v) is 14.1. The standard InChI is InChI=1S/C30H50O/c1-18(2)20(4)30(7)17-27(30)19(3)24-10-11-25-23-9-8-21-16-22(31)12-14-28(21,5)26(23)13-15-29(24,25)6/h8,18-20,22-27,31H,9-17H2,1-7H3. The molecule has 0 radical (unpaired) electrons. The molecule has 5 aliphatic rings. The fourth-order valence-corrected chi connectivity index (χ4v) is 10.3. The fourth-order valence-electron chi connectivity index (χ4n) is 10.3. The van der Waals surface area contributed by atoms with Crippen molar-refractivity contribution in [2.45, 2.75) is 112 Å². The number of hydrogen-bond donors (Lipinski definition) is 1. The Morgan fingerprint density at radius 3 is 2.35 bits per heavy atom. The molecule has 5 rings (SSSR count). The summed E-state index contributed by atoms with van der Waals surface area (Å²) in [5, 5.41) is 10.3. The van der Waals surface area contributed by atoms with Crippen molar-refractivity contribution in [3.63, 3.8) is 0 Å². The maximum atomic E-state index is 10.3. The number of rotatable bonds is 4. The summed E-state index contributed by atoms with van der Waals surface area (Å²) in [5.74, 6) is 7.17. The van der Waals surface area contributed by atoms with E-state index in [9.17, 15) is 5.11 Å². The molecule has 1 N–H and O–H groups in total. The average molecular weight is 427 g/mol. The Labute approximate surface area is 192 Å². The van der Waals surface area contributed by atoms with Gasteiger partial charge in [0.1, 0.15) is 0 Å². The normalized spacial score (nSPS) is 53.3. The SMILES string of the molecule is CC(C)C(C)C1(C)CC1C(C)C1CCC2C3CC=C4CC(O)CCC4(C)C3CCC12C. The number of fused-ring (bicyclic) bond motifs is 5. The quantitative estimate of drug-likeness (QED) is 0.453. The first-order valence-electron chi connectivity index (χ1n) is 13.9. The monoisotopic (exact) mass is 426 g/mol. The minimum absolute atomic E-state index is 0.0810. The molecule has 176 valence electrons. The van der Waals surface area contributed by atoms with E-state index >= 15 is 0 Å². The van der Waals surface area contributed by atoms with Gasteiger partial charge in [0, 0.05) is 0 Å². The Morgan fingerprint density at radius 2 is 1.65 bits per heavy atom. The van der Waals surface area contributed by atoms with Gasteiger partial charge in [-0.1, -0.05) is 60.1 Å². The lowest BCUT2D eigenvalue weighted by molar-refractivity contribution is -0.0592. The van der Waals surface area contributed by atoms with Gasteiger partial charge in [-0.2, -0.15) is 0 Å². The van der Waals surface area contributed by atoms with Crippen molar-refractivity contribution in [2.75, 3.05) is 0 Å². The molecule has 0 heterocycles. The lowest BCUT2D eigenvalue weighted by atomic mass is 9.47. The Kier molecular flexibility index (Phi) is 5.33. The Hall–Kier alpha value is -0.300. The van der Waals surface area contributed by atoms with E-state index in [1.165, 1.54) is 44.9 Å². The van der Waals surface area contributed by atoms with Crippen LogP contribution >= 0.6 is 0 Å². The molecule has 0 aromatic carbocycles. The Morgan fingerprint density at radius 1 is 0.903 bits per heavy atom. The number of aliphatic hydroxyl groups is 1. The Balaban J connectivity index is 1.35. The summed E-state index contributed by atoms with van der Waals surface area (Å²) in [7, 11) is 0. The molecule has 0 aromatic heterocycles. The van der Waals surface area contributed by atoms with Crippen molar-refractivity contribution < 1.29 is 5.11 Å². The van der Waals surface area contributed by atoms with Crippen LogP contribution in [0.25, 0.3) is 0 Å². The van der Waals surface area contributed by atoms with Crippen molar-refractivity contribution in [1.82, 2.24) is 0 Å². The van der Waals surface area contributed by atoms with Gasteiger partial charge >= 0.3 is 0 Å². The first-order valence-corrected chi connectivity index (χ1v) is 13.9. The van der Waals surface area contributed by atoms with E-state index < -0.39 is 0 Å². The van der Waals surface area contributed by atoms with Crippen LogP contribution in [0.4, 0.5) is 0 Å². The largest absolute Gasteiger partial charge is 0.393 e. The summed E-state index contributed by atoms with van der Waals surface area (Å²) in [6.07, 6.45) is 14.4. The molecule has 4 saturated carbocycles. The minimum Gasteiger partial charge on any atom is -0.393 e. The summed E-state index contributed by atoms with van der Waals surface area (Å²) >= 11 is 0. The third kappa shape index (κ3) is 3.18. The van der Waals surface area contributed by atoms with Crippen LogP contribution in [-0.4, -0.2) is 11.2 Å². The molecule has 1 nitrogen and oxygen atoms in total. The van der Waals surface area contributed by atoms with Crippen LogP contribution in [0.3, 0.4) is 0 Å². The smallest absolute Gasteiger partial charge is 0.0577 e. The molecule has 0 spiro atoms. The maximum absolute atomic E-state index is 10.3. The van der Waals surface area contributed by atoms with E-state index in [-0.39, 0.29) is 6.10 Å². The number of hydrogen-bond acceptors (Lipinski definition) is 1. The third-order valence-electron chi connectivity index (χ3n) is 12.8. The fraction of sp³-hybridized carbons (Fsp3) is 0.933. The van der Waals surface area contributed by atoms with Crippen molar-refractivity contribution in [2.24, 2.45) is 63.6 Å². The van der Waals surface area contributed by atoms with Crippen molar-refractivity contribution in [1.29, 1.82) is 0 Å². The molecule has 0 bridgehead atoms. The van der Waals surface area contributed by atoms with Gasteiger partial charge in [0.05, 0.1) is 6.10 Å². The number of allylic oxidation sites excluding steroid dienone is 1. The van der Waals surface area contributed by atoms with Crippen LogP contribution in [-0.2, 0) is 0 Å².